The lowest BCUT2D eigenvalue weighted by Crippen LogP contribution is -2.36. The van der Waals surface area contributed by atoms with Gasteiger partial charge in [-0.3, -0.25) is 0 Å². The van der Waals surface area contributed by atoms with Gasteiger partial charge in [0.2, 0.25) is 0 Å². The molecular weight excluding hydrogens is 198 g/mol. The van der Waals surface area contributed by atoms with E-state index >= 15 is 0 Å². The zero-order valence-corrected chi connectivity index (χ0v) is 8.27. The summed E-state index contributed by atoms with van der Waals surface area (Å²) >= 11 is 0. The summed E-state index contributed by atoms with van der Waals surface area (Å²) in [4.78, 5) is 10.3. The van der Waals surface area contributed by atoms with Gasteiger partial charge in [-0.2, -0.15) is 0 Å². The van der Waals surface area contributed by atoms with Crippen molar-refractivity contribution in [3.8, 4) is 0 Å². The average molecular weight is 213 g/mol. The SMILES string of the molecule is NC(=O)NCCNCC(O)c1ccco1. The molecule has 0 fully saturated rings. The van der Waals surface area contributed by atoms with Crippen LogP contribution < -0.4 is 16.4 Å². The van der Waals surface area contributed by atoms with E-state index in [4.69, 9.17) is 10.2 Å². The summed E-state index contributed by atoms with van der Waals surface area (Å²) in [5, 5.41) is 14.9. The Kier molecular flexibility index (Phi) is 4.65. The molecule has 84 valence electrons. The van der Waals surface area contributed by atoms with Crippen molar-refractivity contribution in [1.82, 2.24) is 10.6 Å². The van der Waals surface area contributed by atoms with Crippen molar-refractivity contribution in [1.29, 1.82) is 0 Å². The third kappa shape index (κ3) is 4.48. The van der Waals surface area contributed by atoms with Crippen molar-refractivity contribution in [3.05, 3.63) is 24.2 Å². The van der Waals surface area contributed by atoms with E-state index in [2.05, 4.69) is 10.6 Å². The summed E-state index contributed by atoms with van der Waals surface area (Å²) in [6.45, 7) is 1.34. The molecule has 15 heavy (non-hydrogen) atoms. The molecule has 0 radical (unpaired) electrons. The van der Waals surface area contributed by atoms with Crippen LogP contribution in [0.2, 0.25) is 0 Å². The zero-order valence-electron chi connectivity index (χ0n) is 8.27. The molecule has 0 bridgehead atoms. The fourth-order valence-electron chi connectivity index (χ4n) is 1.09. The maximum Gasteiger partial charge on any atom is 0.312 e. The third-order valence-electron chi connectivity index (χ3n) is 1.81. The molecule has 0 saturated heterocycles. The Morgan fingerprint density at radius 3 is 3.00 bits per heavy atom. The van der Waals surface area contributed by atoms with Crippen LogP contribution in [0.5, 0.6) is 0 Å². The summed E-state index contributed by atoms with van der Waals surface area (Å²) < 4.78 is 5.01. The minimum atomic E-state index is -0.673. The van der Waals surface area contributed by atoms with Gasteiger partial charge < -0.3 is 25.9 Å². The Morgan fingerprint density at radius 2 is 2.40 bits per heavy atom. The van der Waals surface area contributed by atoms with Gasteiger partial charge in [-0.05, 0) is 12.1 Å². The second kappa shape index (κ2) is 6.05. The van der Waals surface area contributed by atoms with Gasteiger partial charge in [0.05, 0.1) is 6.26 Å². The fraction of sp³-hybridized carbons (Fsp3) is 0.444. The minimum absolute atomic E-state index is 0.369. The molecule has 0 spiro atoms. The van der Waals surface area contributed by atoms with E-state index in [1.807, 2.05) is 0 Å². The van der Waals surface area contributed by atoms with E-state index in [0.717, 1.165) is 0 Å². The highest BCUT2D eigenvalue weighted by Gasteiger charge is 2.08. The Hall–Kier alpha value is -1.53. The monoisotopic (exact) mass is 213 g/mol. The number of carbonyl (C=O) groups is 1. The molecule has 6 heteroatoms. The first-order chi connectivity index (χ1) is 7.20. The lowest BCUT2D eigenvalue weighted by atomic mass is 10.3. The first-order valence-corrected chi connectivity index (χ1v) is 4.65. The largest absolute Gasteiger partial charge is 0.467 e. The molecule has 0 aliphatic rings. The number of rotatable bonds is 6. The summed E-state index contributed by atoms with van der Waals surface area (Å²) in [6, 6.07) is 2.87. The van der Waals surface area contributed by atoms with E-state index in [9.17, 15) is 9.90 Å². The number of amides is 2. The van der Waals surface area contributed by atoms with Crippen LogP contribution in [0.15, 0.2) is 22.8 Å². The topological polar surface area (TPSA) is 101 Å². The second-order valence-corrected chi connectivity index (χ2v) is 3.03. The highest BCUT2D eigenvalue weighted by Crippen LogP contribution is 2.11. The van der Waals surface area contributed by atoms with Gasteiger partial charge >= 0.3 is 6.03 Å². The molecule has 0 aromatic carbocycles. The highest BCUT2D eigenvalue weighted by atomic mass is 16.4. The second-order valence-electron chi connectivity index (χ2n) is 3.03. The Labute approximate surface area is 87.4 Å². The number of hydrogen-bond acceptors (Lipinski definition) is 4. The molecule has 0 aliphatic carbocycles. The van der Waals surface area contributed by atoms with Crippen molar-refractivity contribution in [2.24, 2.45) is 5.73 Å². The predicted octanol–water partition coefficient (Wildman–Crippen LogP) is -0.429. The number of hydrogen-bond donors (Lipinski definition) is 4. The normalized spacial score (nSPS) is 12.3. The molecule has 1 rings (SSSR count). The van der Waals surface area contributed by atoms with E-state index in [-0.39, 0.29) is 0 Å². The first-order valence-electron chi connectivity index (χ1n) is 4.65. The van der Waals surface area contributed by atoms with Crippen molar-refractivity contribution in [2.45, 2.75) is 6.10 Å². The van der Waals surface area contributed by atoms with Crippen LogP contribution in [0.4, 0.5) is 4.79 Å². The molecule has 0 saturated carbocycles. The first kappa shape index (κ1) is 11.5. The number of aliphatic hydroxyl groups is 1. The Morgan fingerprint density at radius 1 is 1.60 bits per heavy atom. The van der Waals surface area contributed by atoms with Gasteiger partial charge in [0.15, 0.2) is 0 Å². The number of aliphatic hydroxyl groups excluding tert-OH is 1. The number of carbonyl (C=O) groups excluding carboxylic acids is 1. The highest BCUT2D eigenvalue weighted by molar-refractivity contribution is 5.71. The third-order valence-corrected chi connectivity index (χ3v) is 1.81. The lowest BCUT2D eigenvalue weighted by molar-refractivity contribution is 0.148. The minimum Gasteiger partial charge on any atom is -0.467 e. The van der Waals surface area contributed by atoms with Gasteiger partial charge in [-0.1, -0.05) is 0 Å². The van der Waals surface area contributed by atoms with Crippen LogP contribution >= 0.6 is 0 Å². The number of nitrogens with two attached hydrogens (primary N) is 1. The van der Waals surface area contributed by atoms with Crippen molar-refractivity contribution < 1.29 is 14.3 Å². The fourth-order valence-corrected chi connectivity index (χ4v) is 1.09. The quantitative estimate of drug-likeness (QED) is 0.482. The number of nitrogens with one attached hydrogen (secondary N) is 2. The molecule has 1 aromatic rings. The maximum absolute atomic E-state index is 10.3. The summed E-state index contributed by atoms with van der Waals surface area (Å²) in [7, 11) is 0. The van der Waals surface area contributed by atoms with Crippen molar-refractivity contribution in [2.75, 3.05) is 19.6 Å². The van der Waals surface area contributed by atoms with Gasteiger partial charge in [0.25, 0.3) is 0 Å². The van der Waals surface area contributed by atoms with Crippen LogP contribution in [0, 0.1) is 0 Å². The van der Waals surface area contributed by atoms with Crippen LogP contribution in [-0.4, -0.2) is 30.8 Å². The molecule has 1 unspecified atom stereocenters. The number of primary amides is 1. The van der Waals surface area contributed by atoms with Crippen LogP contribution in [0.25, 0.3) is 0 Å². The molecule has 1 aromatic heterocycles. The Balaban J connectivity index is 2.08. The molecule has 1 heterocycles. The predicted molar refractivity (Wildman–Crippen MR) is 54.1 cm³/mol. The smallest absolute Gasteiger partial charge is 0.312 e. The molecular formula is C9H15N3O3. The molecule has 6 nitrogen and oxygen atoms in total. The van der Waals surface area contributed by atoms with Crippen molar-refractivity contribution in [3.63, 3.8) is 0 Å². The molecule has 1 atom stereocenters. The zero-order chi connectivity index (χ0) is 11.1. The van der Waals surface area contributed by atoms with Gasteiger partial charge in [-0.25, -0.2) is 4.79 Å². The maximum atomic E-state index is 10.3. The van der Waals surface area contributed by atoms with Gasteiger partial charge in [-0.15, -0.1) is 0 Å². The lowest BCUT2D eigenvalue weighted by Gasteiger charge is -2.09. The van der Waals surface area contributed by atoms with Gasteiger partial charge in [0, 0.05) is 19.6 Å². The van der Waals surface area contributed by atoms with E-state index < -0.39 is 12.1 Å². The standard InChI is InChI=1S/C9H15N3O3/c10-9(14)12-4-3-11-6-7(13)8-2-1-5-15-8/h1-2,5,7,11,13H,3-4,6H2,(H3,10,12,14). The van der Waals surface area contributed by atoms with Gasteiger partial charge in [0.1, 0.15) is 11.9 Å². The molecule has 0 aliphatic heterocycles. The van der Waals surface area contributed by atoms with Crippen molar-refractivity contribution >= 4 is 6.03 Å². The Bertz CT molecular complexity index is 287. The summed E-state index contributed by atoms with van der Waals surface area (Å²) in [5.74, 6) is 0.519. The van der Waals surface area contributed by atoms with E-state index in [1.54, 1.807) is 12.1 Å². The summed E-state index contributed by atoms with van der Waals surface area (Å²) in [5.41, 5.74) is 4.87. The van der Waals surface area contributed by atoms with Crippen LogP contribution in [0.3, 0.4) is 0 Å². The van der Waals surface area contributed by atoms with E-state index in [1.165, 1.54) is 6.26 Å². The number of furan rings is 1. The molecule has 5 N–H and O–H groups in total. The molecule has 2 amide bonds. The average Bonchev–Trinajstić information content (AvgIpc) is 2.69. The van der Waals surface area contributed by atoms with Crippen LogP contribution in [-0.2, 0) is 0 Å². The number of urea groups is 1. The van der Waals surface area contributed by atoms with Crippen LogP contribution in [0.1, 0.15) is 11.9 Å². The summed E-state index contributed by atoms with van der Waals surface area (Å²) in [6.07, 6.45) is 0.835. The van der Waals surface area contributed by atoms with E-state index in [0.29, 0.717) is 25.4 Å².